The van der Waals surface area contributed by atoms with Crippen molar-refractivity contribution in [2.24, 2.45) is 0 Å². The van der Waals surface area contributed by atoms with E-state index in [2.05, 4.69) is 106 Å². The zero-order valence-corrected chi connectivity index (χ0v) is 23.5. The van der Waals surface area contributed by atoms with E-state index < -0.39 is 11.2 Å². The Hall–Kier alpha value is -4.34. The molecule has 1 aliphatic carbocycles. The Morgan fingerprint density at radius 3 is 2.05 bits per heavy atom. The molecule has 0 saturated carbocycles. The van der Waals surface area contributed by atoms with Crippen molar-refractivity contribution in [1.29, 1.82) is 0 Å². The number of rotatable bonds is 3. The van der Waals surface area contributed by atoms with Crippen LogP contribution in [0, 0.1) is 20.8 Å². The Morgan fingerprint density at radius 2 is 1.35 bits per heavy atom. The van der Waals surface area contributed by atoms with Gasteiger partial charge in [-0.3, -0.25) is 0 Å². The molecule has 7 rings (SSSR count). The minimum absolute atomic E-state index is 0.793. The van der Waals surface area contributed by atoms with E-state index in [0.717, 1.165) is 72.3 Å². The third kappa shape index (κ3) is 3.41. The molecule has 198 valence electrons. The highest BCUT2D eigenvalue weighted by molar-refractivity contribution is 6.08. The van der Waals surface area contributed by atoms with E-state index in [9.17, 15) is 5.11 Å². The predicted octanol–water partition coefficient (Wildman–Crippen LogP) is 8.36. The third-order valence-electron chi connectivity index (χ3n) is 8.66. The van der Waals surface area contributed by atoms with Gasteiger partial charge in [-0.15, -0.1) is 0 Å². The number of ether oxygens (including phenoxy) is 2. The lowest BCUT2D eigenvalue weighted by Crippen LogP contribution is -2.35. The molecule has 5 aromatic rings. The fourth-order valence-electron chi connectivity index (χ4n) is 6.57. The molecular weight excluding hydrogens is 492 g/mol. The molecule has 0 radical (unpaired) electrons. The van der Waals surface area contributed by atoms with Gasteiger partial charge in [0, 0.05) is 27.6 Å². The van der Waals surface area contributed by atoms with E-state index in [4.69, 9.17) is 9.47 Å². The fraction of sp³-hybridized carbons (Fsp3) is 0.189. The quantitative estimate of drug-likeness (QED) is 0.258. The summed E-state index contributed by atoms with van der Waals surface area (Å²) in [6.45, 7) is 8.19. The average Bonchev–Trinajstić information content (AvgIpc) is 3.19. The largest absolute Gasteiger partial charge is 0.497 e. The lowest BCUT2D eigenvalue weighted by molar-refractivity contribution is 0.105. The van der Waals surface area contributed by atoms with Gasteiger partial charge in [0.1, 0.15) is 17.1 Å². The van der Waals surface area contributed by atoms with Crippen LogP contribution in [0.2, 0.25) is 0 Å². The highest BCUT2D eigenvalue weighted by Gasteiger charge is 2.45. The summed E-state index contributed by atoms with van der Waals surface area (Å²) in [6.07, 6.45) is 4.31. The standard InChI is InChI=1S/C37H32O3/c1-22-6-10-25(11-7-22)37(26-12-14-27(39-5)15-13-26)19-18-30-34-33(28-16-8-23(2)20-31(28)35(30)40-37)29-17-9-24(3)21-32(29)36(34,4)38/h6-21,38H,1-5H3. The number of hydrogen-bond acceptors (Lipinski definition) is 3. The van der Waals surface area contributed by atoms with Gasteiger partial charge >= 0.3 is 0 Å². The molecule has 2 atom stereocenters. The predicted molar refractivity (Wildman–Crippen MR) is 162 cm³/mol. The second kappa shape index (κ2) is 8.58. The summed E-state index contributed by atoms with van der Waals surface area (Å²) in [4.78, 5) is 0. The zero-order chi connectivity index (χ0) is 27.8. The number of aliphatic hydroxyl groups is 1. The maximum atomic E-state index is 12.1. The second-order valence-corrected chi connectivity index (χ2v) is 11.4. The molecule has 3 heteroatoms. The second-order valence-electron chi connectivity index (χ2n) is 11.4. The average molecular weight is 525 g/mol. The SMILES string of the molecule is COc1ccc(C2(c3ccc(C)cc3)C=Cc3c4c(c5ccc(C)cc5c3O2)-c2ccc(C)cc2C4(C)O)cc1. The van der Waals surface area contributed by atoms with E-state index in [0.29, 0.717) is 0 Å². The van der Waals surface area contributed by atoms with Crippen LogP contribution in [0.4, 0.5) is 0 Å². The lowest BCUT2D eigenvalue weighted by Gasteiger charge is -2.38. The van der Waals surface area contributed by atoms with E-state index in [1.165, 1.54) is 5.56 Å². The number of benzene rings is 5. The Morgan fingerprint density at radius 1 is 0.725 bits per heavy atom. The van der Waals surface area contributed by atoms with Gasteiger partial charge in [0.25, 0.3) is 0 Å². The topological polar surface area (TPSA) is 38.7 Å². The van der Waals surface area contributed by atoms with Crippen LogP contribution in [-0.4, -0.2) is 12.2 Å². The van der Waals surface area contributed by atoms with Crippen molar-refractivity contribution in [3.63, 3.8) is 0 Å². The summed E-state index contributed by atoms with van der Waals surface area (Å²) in [5.41, 5.74) is 8.47. The summed E-state index contributed by atoms with van der Waals surface area (Å²) in [5.74, 6) is 1.59. The number of aryl methyl sites for hydroxylation is 3. The Balaban J connectivity index is 1.55. The molecule has 0 aromatic heterocycles. The zero-order valence-electron chi connectivity index (χ0n) is 23.5. The number of methoxy groups -OCH3 is 1. The summed E-state index contributed by atoms with van der Waals surface area (Å²) in [6, 6.07) is 29.6. The molecule has 5 aromatic carbocycles. The van der Waals surface area contributed by atoms with Crippen molar-refractivity contribution in [3.8, 4) is 22.6 Å². The van der Waals surface area contributed by atoms with Gasteiger partial charge in [0.05, 0.1) is 7.11 Å². The molecular formula is C37H32O3. The number of fused-ring (bicyclic) bond motifs is 8. The summed E-state index contributed by atoms with van der Waals surface area (Å²) >= 11 is 0. The fourth-order valence-corrected chi connectivity index (χ4v) is 6.57. The van der Waals surface area contributed by atoms with Crippen LogP contribution in [0.3, 0.4) is 0 Å². The molecule has 0 fully saturated rings. The molecule has 40 heavy (non-hydrogen) atoms. The normalized spacial score (nSPS) is 20.6. The summed E-state index contributed by atoms with van der Waals surface area (Å²) in [5, 5.41) is 14.3. The van der Waals surface area contributed by atoms with Crippen molar-refractivity contribution >= 4 is 16.8 Å². The Bertz CT molecular complexity index is 1840. The van der Waals surface area contributed by atoms with Crippen molar-refractivity contribution in [1.82, 2.24) is 0 Å². The molecule has 1 heterocycles. The minimum Gasteiger partial charge on any atom is -0.497 e. The van der Waals surface area contributed by atoms with Gasteiger partial charge in [-0.05, 0) is 74.0 Å². The number of hydrogen-bond donors (Lipinski definition) is 1. The van der Waals surface area contributed by atoms with Gasteiger partial charge in [-0.2, -0.15) is 0 Å². The Kier molecular flexibility index (Phi) is 5.29. The van der Waals surface area contributed by atoms with E-state index in [1.807, 2.05) is 19.1 Å². The summed E-state index contributed by atoms with van der Waals surface area (Å²) in [7, 11) is 1.68. The van der Waals surface area contributed by atoms with Crippen LogP contribution in [0.15, 0.2) is 91.0 Å². The first-order valence-electron chi connectivity index (χ1n) is 13.8. The molecule has 0 spiro atoms. The van der Waals surface area contributed by atoms with Gasteiger partial charge in [-0.1, -0.05) is 89.5 Å². The molecule has 3 nitrogen and oxygen atoms in total. The molecule has 0 amide bonds. The van der Waals surface area contributed by atoms with E-state index in [1.54, 1.807) is 7.11 Å². The maximum absolute atomic E-state index is 12.1. The minimum atomic E-state index is -1.16. The van der Waals surface area contributed by atoms with Crippen LogP contribution >= 0.6 is 0 Å². The molecule has 1 N–H and O–H groups in total. The lowest BCUT2D eigenvalue weighted by atomic mass is 9.80. The highest BCUT2D eigenvalue weighted by Crippen LogP contribution is 2.57. The molecule has 2 unspecified atom stereocenters. The first kappa shape index (κ1) is 24.7. The van der Waals surface area contributed by atoms with Crippen molar-refractivity contribution in [2.45, 2.75) is 38.9 Å². The monoisotopic (exact) mass is 524 g/mol. The van der Waals surface area contributed by atoms with Crippen molar-refractivity contribution in [3.05, 3.63) is 136 Å². The van der Waals surface area contributed by atoms with E-state index in [-0.39, 0.29) is 0 Å². The van der Waals surface area contributed by atoms with Crippen LogP contribution in [0.1, 0.15) is 51.4 Å². The van der Waals surface area contributed by atoms with Crippen LogP contribution in [-0.2, 0) is 11.2 Å². The maximum Gasteiger partial charge on any atom is 0.178 e. The summed E-state index contributed by atoms with van der Waals surface area (Å²) < 4.78 is 12.7. The van der Waals surface area contributed by atoms with Gasteiger partial charge in [0.15, 0.2) is 5.60 Å². The van der Waals surface area contributed by atoms with Crippen LogP contribution in [0.5, 0.6) is 11.5 Å². The molecule has 0 bridgehead atoms. The molecule has 1 aliphatic heterocycles. The van der Waals surface area contributed by atoms with E-state index >= 15 is 0 Å². The first-order chi connectivity index (χ1) is 19.2. The van der Waals surface area contributed by atoms with Gasteiger partial charge < -0.3 is 14.6 Å². The van der Waals surface area contributed by atoms with Gasteiger partial charge in [0.2, 0.25) is 0 Å². The van der Waals surface area contributed by atoms with Crippen LogP contribution < -0.4 is 9.47 Å². The van der Waals surface area contributed by atoms with Gasteiger partial charge in [-0.25, -0.2) is 0 Å². The highest BCUT2D eigenvalue weighted by atomic mass is 16.5. The molecule has 2 aliphatic rings. The third-order valence-corrected chi connectivity index (χ3v) is 8.66. The molecule has 0 saturated heterocycles. The first-order valence-corrected chi connectivity index (χ1v) is 13.8. The van der Waals surface area contributed by atoms with Crippen molar-refractivity contribution in [2.75, 3.05) is 7.11 Å². The smallest absolute Gasteiger partial charge is 0.178 e. The Labute approximate surface area is 235 Å². The van der Waals surface area contributed by atoms with Crippen molar-refractivity contribution < 1.29 is 14.6 Å². The van der Waals surface area contributed by atoms with Crippen LogP contribution in [0.25, 0.3) is 28.0 Å².